The van der Waals surface area contributed by atoms with Crippen LogP contribution in [0.3, 0.4) is 0 Å². The van der Waals surface area contributed by atoms with E-state index < -0.39 is 6.09 Å². The van der Waals surface area contributed by atoms with Gasteiger partial charge in [-0.2, -0.15) is 0 Å². The van der Waals surface area contributed by atoms with Crippen molar-refractivity contribution in [2.24, 2.45) is 46.3 Å². The monoisotopic (exact) mass is 428 g/mol. The molecule has 3 saturated carbocycles. The lowest BCUT2D eigenvalue weighted by molar-refractivity contribution is -0.0514. The summed E-state index contributed by atoms with van der Waals surface area (Å²) in [4.78, 5) is 11.1. The van der Waals surface area contributed by atoms with Crippen molar-refractivity contribution >= 4 is 6.09 Å². The molecule has 0 bridgehead atoms. The SMILES string of the molecule is CC(C)CCC[C@@H](C)[C@H]1CCC2C3CC=C4C[C@@H]([N]C(=O)O)CC[C@]4(C)C3CC[C@@]21C. The van der Waals surface area contributed by atoms with Gasteiger partial charge in [-0.15, -0.1) is 0 Å². The van der Waals surface area contributed by atoms with Crippen LogP contribution in [-0.2, 0) is 0 Å². The summed E-state index contributed by atoms with van der Waals surface area (Å²) in [5, 5.41) is 13.1. The van der Waals surface area contributed by atoms with Crippen molar-refractivity contribution in [3.63, 3.8) is 0 Å². The highest BCUT2D eigenvalue weighted by atomic mass is 16.4. The number of fused-ring (bicyclic) bond motifs is 5. The normalized spacial score (nSPS) is 42.9. The van der Waals surface area contributed by atoms with Gasteiger partial charge in [-0.3, -0.25) is 0 Å². The van der Waals surface area contributed by atoms with Crippen LogP contribution < -0.4 is 5.32 Å². The van der Waals surface area contributed by atoms with Gasteiger partial charge in [0.2, 0.25) is 0 Å². The van der Waals surface area contributed by atoms with Crippen molar-refractivity contribution in [2.45, 2.75) is 111 Å². The van der Waals surface area contributed by atoms with Crippen LogP contribution in [0.2, 0.25) is 0 Å². The molecule has 0 spiro atoms. The Balaban J connectivity index is 1.47. The molecule has 3 nitrogen and oxygen atoms in total. The minimum Gasteiger partial charge on any atom is -0.464 e. The third-order valence-electron chi connectivity index (χ3n) is 10.6. The predicted octanol–water partition coefficient (Wildman–Crippen LogP) is 7.68. The van der Waals surface area contributed by atoms with E-state index in [1.165, 1.54) is 56.9 Å². The molecule has 3 unspecified atom stereocenters. The molecule has 0 aromatic heterocycles. The first-order chi connectivity index (χ1) is 14.6. The Morgan fingerprint density at radius 2 is 1.87 bits per heavy atom. The Kier molecular flexibility index (Phi) is 6.54. The minimum atomic E-state index is -0.990. The van der Waals surface area contributed by atoms with Gasteiger partial charge in [0.05, 0.1) is 6.04 Å². The lowest BCUT2D eigenvalue weighted by Crippen LogP contribution is -2.51. The van der Waals surface area contributed by atoms with E-state index in [2.05, 4.69) is 46.0 Å². The molecule has 1 radical (unpaired) electrons. The molecule has 1 N–H and O–H groups in total. The van der Waals surface area contributed by atoms with Gasteiger partial charge in [-0.25, -0.2) is 10.1 Å². The number of nitrogens with zero attached hydrogens (tertiary/aromatic N) is 1. The summed E-state index contributed by atoms with van der Waals surface area (Å²) in [6.07, 6.45) is 15.6. The first-order valence-electron chi connectivity index (χ1n) is 13.3. The summed E-state index contributed by atoms with van der Waals surface area (Å²) < 4.78 is 0. The smallest absolute Gasteiger partial charge is 0.426 e. The van der Waals surface area contributed by atoms with Crippen LogP contribution in [0.15, 0.2) is 11.6 Å². The van der Waals surface area contributed by atoms with Gasteiger partial charge in [0.1, 0.15) is 0 Å². The fourth-order valence-electron chi connectivity index (χ4n) is 8.93. The van der Waals surface area contributed by atoms with Crippen molar-refractivity contribution in [2.75, 3.05) is 0 Å². The van der Waals surface area contributed by atoms with Crippen molar-refractivity contribution in [1.82, 2.24) is 5.32 Å². The number of amides is 1. The predicted molar refractivity (Wildman–Crippen MR) is 127 cm³/mol. The molecule has 31 heavy (non-hydrogen) atoms. The van der Waals surface area contributed by atoms with E-state index in [0.29, 0.717) is 5.41 Å². The van der Waals surface area contributed by atoms with Gasteiger partial charge in [0.25, 0.3) is 0 Å². The lowest BCUT2D eigenvalue weighted by atomic mass is 9.47. The zero-order chi connectivity index (χ0) is 22.4. The molecule has 0 aliphatic heterocycles. The van der Waals surface area contributed by atoms with E-state index >= 15 is 0 Å². The summed E-state index contributed by atoms with van der Waals surface area (Å²) >= 11 is 0. The molecule has 3 heteroatoms. The molecule has 175 valence electrons. The largest absolute Gasteiger partial charge is 0.464 e. The minimum absolute atomic E-state index is 0.00946. The molecule has 0 heterocycles. The zero-order valence-corrected chi connectivity index (χ0v) is 20.7. The van der Waals surface area contributed by atoms with Gasteiger partial charge in [-0.1, -0.05) is 65.5 Å². The third kappa shape index (κ3) is 4.20. The number of carboxylic acid groups (broad SMARTS) is 1. The van der Waals surface area contributed by atoms with Crippen LogP contribution in [-0.4, -0.2) is 17.2 Å². The van der Waals surface area contributed by atoms with E-state index in [1.807, 2.05) is 0 Å². The Morgan fingerprint density at radius 1 is 1.10 bits per heavy atom. The van der Waals surface area contributed by atoms with Crippen LogP contribution in [0, 0.1) is 46.3 Å². The molecule has 0 aromatic carbocycles. The van der Waals surface area contributed by atoms with Crippen molar-refractivity contribution in [3.8, 4) is 0 Å². The highest BCUT2D eigenvalue weighted by Crippen LogP contribution is 2.67. The maximum absolute atomic E-state index is 11.1. The van der Waals surface area contributed by atoms with E-state index in [1.54, 1.807) is 0 Å². The maximum Gasteiger partial charge on any atom is 0.426 e. The van der Waals surface area contributed by atoms with E-state index in [0.717, 1.165) is 54.8 Å². The van der Waals surface area contributed by atoms with Gasteiger partial charge in [0.15, 0.2) is 0 Å². The summed E-state index contributed by atoms with van der Waals surface area (Å²) in [6, 6.07) is -0.00946. The highest BCUT2D eigenvalue weighted by molar-refractivity contribution is 5.64. The topological polar surface area (TPSA) is 51.4 Å². The van der Waals surface area contributed by atoms with Crippen LogP contribution in [0.1, 0.15) is 105 Å². The summed E-state index contributed by atoms with van der Waals surface area (Å²) in [5.74, 6) is 5.13. The Morgan fingerprint density at radius 3 is 2.58 bits per heavy atom. The maximum atomic E-state index is 11.1. The second kappa shape index (κ2) is 8.75. The Bertz CT molecular complexity index is 699. The number of hydrogen-bond acceptors (Lipinski definition) is 1. The molecule has 8 atom stereocenters. The molecule has 0 saturated heterocycles. The molecule has 3 fully saturated rings. The molecule has 4 aliphatic rings. The van der Waals surface area contributed by atoms with Crippen LogP contribution in [0.25, 0.3) is 0 Å². The summed E-state index contributed by atoms with van der Waals surface area (Å²) in [7, 11) is 0. The van der Waals surface area contributed by atoms with E-state index in [-0.39, 0.29) is 11.5 Å². The number of allylic oxidation sites excluding steroid dienone is 1. The number of carbonyl (C=O) groups is 1. The third-order valence-corrected chi connectivity index (χ3v) is 10.6. The van der Waals surface area contributed by atoms with Crippen LogP contribution in [0.4, 0.5) is 4.79 Å². The van der Waals surface area contributed by atoms with Crippen molar-refractivity contribution < 1.29 is 9.90 Å². The number of hydrogen-bond donors (Lipinski definition) is 1. The number of rotatable bonds is 6. The second-order valence-electron chi connectivity index (χ2n) is 12.6. The Hall–Kier alpha value is -0.990. The molecule has 4 aliphatic carbocycles. The zero-order valence-electron chi connectivity index (χ0n) is 20.7. The average molecular weight is 429 g/mol. The standard InChI is InChI=1S/C28H46NO2/c1-18(2)7-6-8-19(3)23-11-12-24-22-10-9-20-17-21(29-26(30)31)13-15-27(20,4)25(22)14-16-28(23,24)5/h9,18-19,21-25H,6-8,10-17H2,1-5H3,(H,30,31)/t19-,21+,22?,23-,24?,25?,27+,28-/m1/s1. The van der Waals surface area contributed by atoms with Crippen LogP contribution >= 0.6 is 0 Å². The highest BCUT2D eigenvalue weighted by Gasteiger charge is 2.59. The second-order valence-corrected chi connectivity index (χ2v) is 12.6. The quantitative estimate of drug-likeness (QED) is 0.441. The molecular formula is C28H46NO2. The fourth-order valence-corrected chi connectivity index (χ4v) is 8.93. The summed E-state index contributed by atoms with van der Waals surface area (Å²) in [6.45, 7) is 12.4. The van der Waals surface area contributed by atoms with Crippen molar-refractivity contribution in [1.29, 1.82) is 0 Å². The van der Waals surface area contributed by atoms with Gasteiger partial charge < -0.3 is 5.11 Å². The average Bonchev–Trinajstić information content (AvgIpc) is 3.05. The Labute approximate surface area is 190 Å². The van der Waals surface area contributed by atoms with E-state index in [9.17, 15) is 4.79 Å². The van der Waals surface area contributed by atoms with Gasteiger partial charge in [-0.05, 0) is 97.7 Å². The first kappa shape index (κ1) is 23.2. The van der Waals surface area contributed by atoms with E-state index in [4.69, 9.17) is 5.11 Å². The lowest BCUT2D eigenvalue weighted by Gasteiger charge is -2.58. The van der Waals surface area contributed by atoms with Gasteiger partial charge in [0, 0.05) is 0 Å². The molecule has 1 amide bonds. The molecule has 0 aromatic rings. The summed E-state index contributed by atoms with van der Waals surface area (Å²) in [5.41, 5.74) is 2.36. The first-order valence-corrected chi connectivity index (χ1v) is 13.3. The van der Waals surface area contributed by atoms with Gasteiger partial charge >= 0.3 is 6.09 Å². The molecular weight excluding hydrogens is 382 g/mol. The molecule has 4 rings (SSSR count). The fraction of sp³-hybridized carbons (Fsp3) is 0.893. The van der Waals surface area contributed by atoms with Crippen LogP contribution in [0.5, 0.6) is 0 Å². The van der Waals surface area contributed by atoms with Crippen molar-refractivity contribution in [3.05, 3.63) is 11.6 Å².